The molecule has 0 aliphatic carbocycles. The molecule has 0 radical (unpaired) electrons. The molecule has 0 aromatic heterocycles. The van der Waals surface area contributed by atoms with Gasteiger partial charge in [-0.3, -0.25) is 4.90 Å². The molecule has 1 aliphatic heterocycles. The van der Waals surface area contributed by atoms with Gasteiger partial charge in [0.2, 0.25) is 0 Å². The van der Waals surface area contributed by atoms with E-state index in [-0.39, 0.29) is 0 Å². The first kappa shape index (κ1) is 16.0. The third-order valence-electron chi connectivity index (χ3n) is 4.41. The smallest absolute Gasteiger partial charge is 0.122 e. The largest absolute Gasteiger partial charge is 0.496 e. The normalized spacial score (nSPS) is 15.5. The summed E-state index contributed by atoms with van der Waals surface area (Å²) < 4.78 is 10.9. The van der Waals surface area contributed by atoms with E-state index in [4.69, 9.17) is 9.47 Å². The molecule has 0 bridgehead atoms. The second-order valence-electron chi connectivity index (χ2n) is 5.95. The van der Waals surface area contributed by atoms with Gasteiger partial charge in [0.15, 0.2) is 0 Å². The van der Waals surface area contributed by atoms with Gasteiger partial charge in [0.05, 0.1) is 20.3 Å². The van der Waals surface area contributed by atoms with E-state index < -0.39 is 0 Å². The number of benzene rings is 2. The van der Waals surface area contributed by atoms with Crippen molar-refractivity contribution in [2.24, 2.45) is 0 Å². The highest BCUT2D eigenvalue weighted by Gasteiger charge is 2.11. The summed E-state index contributed by atoms with van der Waals surface area (Å²) in [4.78, 5) is 2.48. The van der Waals surface area contributed by atoms with E-state index in [2.05, 4.69) is 53.4 Å². The lowest BCUT2D eigenvalue weighted by atomic mass is 10.00. The van der Waals surface area contributed by atoms with Crippen LogP contribution in [0.2, 0.25) is 0 Å². The highest BCUT2D eigenvalue weighted by Crippen LogP contribution is 2.27. The topological polar surface area (TPSA) is 21.7 Å². The Bertz CT molecular complexity index is 606. The summed E-state index contributed by atoms with van der Waals surface area (Å²) in [7, 11) is 1.75. The molecule has 0 N–H and O–H groups in total. The maximum Gasteiger partial charge on any atom is 0.122 e. The molecule has 2 aromatic rings. The van der Waals surface area contributed by atoms with Crippen molar-refractivity contribution in [2.75, 3.05) is 40.0 Å². The average Bonchev–Trinajstić information content (AvgIpc) is 2.63. The lowest BCUT2D eigenvalue weighted by Gasteiger charge is -2.26. The molecular formula is C20H25NO2. The minimum absolute atomic E-state index is 0.868. The zero-order chi connectivity index (χ0) is 15.9. The van der Waals surface area contributed by atoms with Crippen LogP contribution in [0.4, 0.5) is 0 Å². The number of aryl methyl sites for hydroxylation is 1. The molecule has 23 heavy (non-hydrogen) atoms. The quantitative estimate of drug-likeness (QED) is 0.813. The van der Waals surface area contributed by atoms with Gasteiger partial charge in [-0.2, -0.15) is 0 Å². The Kier molecular flexibility index (Phi) is 5.67. The van der Waals surface area contributed by atoms with E-state index in [1.165, 1.54) is 16.7 Å². The summed E-state index contributed by atoms with van der Waals surface area (Å²) in [6.07, 6.45) is 2.19. The molecule has 0 unspecified atom stereocenters. The van der Waals surface area contributed by atoms with Crippen molar-refractivity contribution in [3.8, 4) is 16.9 Å². The highest BCUT2D eigenvalue weighted by atomic mass is 16.5. The highest BCUT2D eigenvalue weighted by molar-refractivity contribution is 5.65. The number of methoxy groups -OCH3 is 1. The standard InChI is InChI=1S/C20H25NO2/c1-22-20-10-9-18(17-6-3-2-4-7-17)16-19(20)8-5-11-21-12-14-23-15-13-21/h2-4,6-7,9-10,16H,5,8,11-15H2,1H3. The molecular weight excluding hydrogens is 286 g/mol. The Morgan fingerprint density at radius 1 is 1.00 bits per heavy atom. The lowest BCUT2D eigenvalue weighted by molar-refractivity contribution is 0.0374. The van der Waals surface area contributed by atoms with Crippen molar-refractivity contribution >= 4 is 0 Å². The van der Waals surface area contributed by atoms with Crippen LogP contribution in [0.25, 0.3) is 11.1 Å². The van der Waals surface area contributed by atoms with Crippen LogP contribution >= 0.6 is 0 Å². The van der Waals surface area contributed by atoms with E-state index in [1.54, 1.807) is 7.11 Å². The minimum Gasteiger partial charge on any atom is -0.496 e. The predicted octanol–water partition coefficient (Wildman–Crippen LogP) is 3.63. The molecule has 3 rings (SSSR count). The van der Waals surface area contributed by atoms with Crippen LogP contribution in [-0.4, -0.2) is 44.9 Å². The fourth-order valence-electron chi connectivity index (χ4n) is 3.10. The van der Waals surface area contributed by atoms with Crippen LogP contribution < -0.4 is 4.74 Å². The van der Waals surface area contributed by atoms with Gasteiger partial charge in [0.1, 0.15) is 5.75 Å². The van der Waals surface area contributed by atoms with E-state index in [9.17, 15) is 0 Å². The Morgan fingerprint density at radius 3 is 2.52 bits per heavy atom. The Hall–Kier alpha value is -1.84. The van der Waals surface area contributed by atoms with Crippen molar-refractivity contribution in [3.63, 3.8) is 0 Å². The van der Waals surface area contributed by atoms with Crippen molar-refractivity contribution in [3.05, 3.63) is 54.1 Å². The lowest BCUT2D eigenvalue weighted by Crippen LogP contribution is -2.36. The SMILES string of the molecule is COc1ccc(-c2ccccc2)cc1CCCN1CCOCC1. The summed E-state index contributed by atoms with van der Waals surface area (Å²) in [6, 6.07) is 17.0. The minimum atomic E-state index is 0.868. The molecule has 1 aliphatic rings. The number of nitrogens with zero attached hydrogens (tertiary/aromatic N) is 1. The molecule has 122 valence electrons. The van der Waals surface area contributed by atoms with Crippen LogP contribution in [0.3, 0.4) is 0 Å². The van der Waals surface area contributed by atoms with E-state index >= 15 is 0 Å². The van der Waals surface area contributed by atoms with Gasteiger partial charge in [-0.1, -0.05) is 36.4 Å². The molecule has 0 spiro atoms. The van der Waals surface area contributed by atoms with Crippen molar-refractivity contribution in [1.29, 1.82) is 0 Å². The molecule has 1 heterocycles. The van der Waals surface area contributed by atoms with Gasteiger partial charge in [0, 0.05) is 13.1 Å². The summed E-state index contributed by atoms with van der Waals surface area (Å²) in [5.74, 6) is 0.992. The van der Waals surface area contributed by atoms with Crippen LogP contribution in [0, 0.1) is 0 Å². The van der Waals surface area contributed by atoms with Gasteiger partial charge in [0.25, 0.3) is 0 Å². The maximum atomic E-state index is 5.55. The van der Waals surface area contributed by atoms with E-state index in [0.29, 0.717) is 0 Å². The van der Waals surface area contributed by atoms with Gasteiger partial charge in [-0.05, 0) is 48.2 Å². The number of ether oxygens (including phenoxy) is 2. The van der Waals surface area contributed by atoms with Crippen LogP contribution in [0.15, 0.2) is 48.5 Å². The summed E-state index contributed by atoms with van der Waals surface area (Å²) in [5, 5.41) is 0. The summed E-state index contributed by atoms with van der Waals surface area (Å²) >= 11 is 0. The third kappa shape index (κ3) is 4.34. The van der Waals surface area contributed by atoms with Crippen molar-refractivity contribution in [2.45, 2.75) is 12.8 Å². The number of hydrogen-bond acceptors (Lipinski definition) is 3. The first-order valence-corrected chi connectivity index (χ1v) is 8.39. The van der Waals surface area contributed by atoms with Gasteiger partial charge in [-0.15, -0.1) is 0 Å². The van der Waals surface area contributed by atoms with Crippen molar-refractivity contribution < 1.29 is 9.47 Å². The summed E-state index contributed by atoms with van der Waals surface area (Å²) in [5.41, 5.74) is 3.81. The molecule has 2 aromatic carbocycles. The molecule has 0 atom stereocenters. The molecule has 1 saturated heterocycles. The zero-order valence-electron chi connectivity index (χ0n) is 13.8. The molecule has 3 nitrogen and oxygen atoms in total. The average molecular weight is 311 g/mol. The Balaban J connectivity index is 1.67. The fourth-order valence-corrected chi connectivity index (χ4v) is 3.10. The van der Waals surface area contributed by atoms with E-state index in [0.717, 1.165) is 51.4 Å². The first-order chi connectivity index (χ1) is 11.4. The van der Waals surface area contributed by atoms with Gasteiger partial charge < -0.3 is 9.47 Å². The Morgan fingerprint density at radius 2 is 1.78 bits per heavy atom. The number of morpholine rings is 1. The molecule has 0 amide bonds. The Labute approximate surface area is 138 Å². The van der Waals surface area contributed by atoms with E-state index in [1.807, 2.05) is 0 Å². The van der Waals surface area contributed by atoms with Gasteiger partial charge >= 0.3 is 0 Å². The molecule has 0 saturated carbocycles. The second-order valence-corrected chi connectivity index (χ2v) is 5.95. The van der Waals surface area contributed by atoms with Crippen LogP contribution in [0.1, 0.15) is 12.0 Å². The zero-order valence-corrected chi connectivity index (χ0v) is 13.8. The molecule has 1 fully saturated rings. The number of hydrogen-bond donors (Lipinski definition) is 0. The number of rotatable bonds is 6. The van der Waals surface area contributed by atoms with Crippen LogP contribution in [0.5, 0.6) is 5.75 Å². The molecule has 3 heteroatoms. The summed E-state index contributed by atoms with van der Waals surface area (Å²) in [6.45, 7) is 4.98. The van der Waals surface area contributed by atoms with Crippen LogP contribution in [-0.2, 0) is 11.2 Å². The van der Waals surface area contributed by atoms with Crippen molar-refractivity contribution in [1.82, 2.24) is 4.90 Å². The first-order valence-electron chi connectivity index (χ1n) is 8.39. The second kappa shape index (κ2) is 8.14. The third-order valence-corrected chi connectivity index (χ3v) is 4.41. The maximum absolute atomic E-state index is 5.55. The van der Waals surface area contributed by atoms with Gasteiger partial charge in [-0.25, -0.2) is 0 Å². The fraction of sp³-hybridized carbons (Fsp3) is 0.400. The monoisotopic (exact) mass is 311 g/mol. The predicted molar refractivity (Wildman–Crippen MR) is 94.0 cm³/mol.